The molecule has 5 nitrogen and oxygen atoms in total. The third-order valence-electron chi connectivity index (χ3n) is 3.32. The number of methoxy groups -OCH3 is 1. The number of halogens is 1. The van der Waals surface area contributed by atoms with Crippen molar-refractivity contribution in [2.24, 2.45) is 10.9 Å². The molecule has 0 aliphatic rings. The van der Waals surface area contributed by atoms with E-state index in [1.807, 2.05) is 6.07 Å². The molecule has 0 spiro atoms. The number of oxime groups is 1. The number of nitrogens with two attached hydrogens (primary N) is 1. The molecule has 0 bridgehead atoms. The van der Waals surface area contributed by atoms with Crippen LogP contribution in [0.3, 0.4) is 0 Å². The van der Waals surface area contributed by atoms with Crippen molar-refractivity contribution in [3.63, 3.8) is 0 Å². The maximum atomic E-state index is 8.69. The molecular weight excluding hydrogens is 278 g/mol. The van der Waals surface area contributed by atoms with E-state index in [1.165, 1.54) is 0 Å². The van der Waals surface area contributed by atoms with Crippen molar-refractivity contribution in [2.45, 2.75) is 26.3 Å². The first kappa shape index (κ1) is 16.6. The number of nitrogens with zero attached hydrogens (tertiary/aromatic N) is 2. The van der Waals surface area contributed by atoms with Crippen molar-refractivity contribution in [3.05, 3.63) is 28.8 Å². The Balaban J connectivity index is 3.07. The second-order valence-electron chi connectivity index (χ2n) is 4.59. The molecule has 1 unspecified atom stereocenters. The van der Waals surface area contributed by atoms with Gasteiger partial charge in [-0.15, -0.1) is 0 Å². The summed E-state index contributed by atoms with van der Waals surface area (Å²) in [6, 6.07) is 5.72. The summed E-state index contributed by atoms with van der Waals surface area (Å²) in [5.41, 5.74) is 7.08. The van der Waals surface area contributed by atoms with Crippen LogP contribution in [-0.2, 0) is 4.74 Å². The van der Waals surface area contributed by atoms with Gasteiger partial charge in [-0.25, -0.2) is 0 Å². The Hall–Kier alpha value is -1.46. The van der Waals surface area contributed by atoms with E-state index in [4.69, 9.17) is 27.3 Å². The largest absolute Gasteiger partial charge is 0.409 e. The second kappa shape index (κ2) is 7.97. The fourth-order valence-electron chi connectivity index (χ4n) is 1.95. The third kappa shape index (κ3) is 4.02. The van der Waals surface area contributed by atoms with Gasteiger partial charge < -0.3 is 20.6 Å². The predicted molar refractivity (Wildman–Crippen MR) is 82.9 cm³/mol. The molecule has 0 amide bonds. The Labute approximate surface area is 125 Å². The number of hydrogen-bond acceptors (Lipinski definition) is 4. The zero-order valence-electron chi connectivity index (χ0n) is 12.1. The molecule has 1 aromatic rings. The van der Waals surface area contributed by atoms with Crippen LogP contribution in [0.4, 0.5) is 5.69 Å². The lowest BCUT2D eigenvalue weighted by atomic mass is 10.1. The smallest absolute Gasteiger partial charge is 0.170 e. The molecule has 0 radical (unpaired) electrons. The van der Waals surface area contributed by atoms with E-state index in [0.717, 1.165) is 18.7 Å². The van der Waals surface area contributed by atoms with Gasteiger partial charge in [-0.2, -0.15) is 0 Å². The highest BCUT2D eigenvalue weighted by molar-refractivity contribution is 6.33. The van der Waals surface area contributed by atoms with E-state index < -0.39 is 0 Å². The highest BCUT2D eigenvalue weighted by Gasteiger charge is 2.16. The monoisotopic (exact) mass is 299 g/mol. The Kier molecular flexibility index (Phi) is 6.61. The van der Waals surface area contributed by atoms with Crippen molar-refractivity contribution in [3.8, 4) is 0 Å². The highest BCUT2D eigenvalue weighted by atomic mass is 35.5. The first-order valence-electron chi connectivity index (χ1n) is 6.58. The molecule has 0 aliphatic heterocycles. The molecular formula is C14H22ClN3O2. The molecule has 0 heterocycles. The highest BCUT2D eigenvalue weighted by Crippen LogP contribution is 2.29. The number of rotatable bonds is 7. The molecule has 3 N–H and O–H groups in total. The van der Waals surface area contributed by atoms with E-state index in [2.05, 4.69) is 23.9 Å². The summed E-state index contributed by atoms with van der Waals surface area (Å²) in [4.78, 5) is 2.20. The summed E-state index contributed by atoms with van der Waals surface area (Å²) >= 11 is 6.33. The lowest BCUT2D eigenvalue weighted by Gasteiger charge is -2.31. The summed E-state index contributed by atoms with van der Waals surface area (Å²) < 4.78 is 5.15. The molecule has 0 aromatic heterocycles. The fraction of sp³-hybridized carbons (Fsp3) is 0.500. The van der Waals surface area contributed by atoms with Gasteiger partial charge in [-0.3, -0.25) is 0 Å². The molecule has 1 rings (SSSR count). The van der Waals surface area contributed by atoms with Gasteiger partial charge in [0, 0.05) is 25.3 Å². The van der Waals surface area contributed by atoms with Crippen LogP contribution in [0.1, 0.15) is 25.8 Å². The SMILES string of the molecule is CCC(C)N(CCOC)c1ccc(C(N)=NO)cc1Cl. The van der Waals surface area contributed by atoms with E-state index in [1.54, 1.807) is 19.2 Å². The van der Waals surface area contributed by atoms with Gasteiger partial charge in [0.1, 0.15) is 0 Å². The van der Waals surface area contributed by atoms with Crippen molar-refractivity contribution in [2.75, 3.05) is 25.2 Å². The lowest BCUT2D eigenvalue weighted by Crippen LogP contribution is -2.35. The second-order valence-corrected chi connectivity index (χ2v) is 5.00. The molecule has 1 aromatic carbocycles. The van der Waals surface area contributed by atoms with E-state index >= 15 is 0 Å². The quantitative estimate of drug-likeness (QED) is 0.351. The average Bonchev–Trinajstić information content (AvgIpc) is 2.47. The Bertz CT molecular complexity index is 466. The maximum absolute atomic E-state index is 8.69. The van der Waals surface area contributed by atoms with Gasteiger partial charge in [-0.1, -0.05) is 23.7 Å². The van der Waals surface area contributed by atoms with Gasteiger partial charge >= 0.3 is 0 Å². The molecule has 0 saturated heterocycles. The lowest BCUT2D eigenvalue weighted by molar-refractivity contribution is 0.203. The standard InChI is InChI=1S/C14H22ClN3O2/c1-4-10(2)18(7-8-20-3)13-6-5-11(9-12(13)15)14(16)17-19/h5-6,9-10,19H,4,7-8H2,1-3H3,(H2,16,17). The third-order valence-corrected chi connectivity index (χ3v) is 3.62. The molecule has 0 aliphatic carbocycles. The van der Waals surface area contributed by atoms with Crippen LogP contribution < -0.4 is 10.6 Å². The topological polar surface area (TPSA) is 71.1 Å². The van der Waals surface area contributed by atoms with Crippen LogP contribution in [-0.4, -0.2) is 37.3 Å². The minimum Gasteiger partial charge on any atom is -0.409 e. The number of anilines is 1. The number of hydrogen-bond donors (Lipinski definition) is 2. The first-order chi connectivity index (χ1) is 9.54. The van der Waals surface area contributed by atoms with Crippen molar-refractivity contribution >= 4 is 23.1 Å². The van der Waals surface area contributed by atoms with Crippen LogP contribution in [0.15, 0.2) is 23.4 Å². The number of amidine groups is 1. The molecule has 112 valence electrons. The summed E-state index contributed by atoms with van der Waals surface area (Å²) in [5, 5.41) is 12.2. The Morgan fingerprint density at radius 2 is 2.25 bits per heavy atom. The van der Waals surface area contributed by atoms with E-state index in [0.29, 0.717) is 23.2 Å². The van der Waals surface area contributed by atoms with Crippen LogP contribution >= 0.6 is 11.6 Å². The molecule has 0 saturated carbocycles. The zero-order valence-corrected chi connectivity index (χ0v) is 12.9. The molecule has 6 heteroatoms. The predicted octanol–water partition coefficient (Wildman–Crippen LogP) is 2.69. The van der Waals surface area contributed by atoms with Crippen LogP contribution in [0.25, 0.3) is 0 Å². The summed E-state index contributed by atoms with van der Waals surface area (Å²) in [6.45, 7) is 5.66. The van der Waals surface area contributed by atoms with E-state index in [9.17, 15) is 0 Å². The minimum atomic E-state index is 0.0467. The van der Waals surface area contributed by atoms with Crippen molar-refractivity contribution < 1.29 is 9.94 Å². The molecule has 0 fully saturated rings. The van der Waals surface area contributed by atoms with E-state index in [-0.39, 0.29) is 5.84 Å². The maximum Gasteiger partial charge on any atom is 0.170 e. The van der Waals surface area contributed by atoms with Crippen LogP contribution in [0.5, 0.6) is 0 Å². The van der Waals surface area contributed by atoms with Crippen LogP contribution in [0.2, 0.25) is 5.02 Å². The summed E-state index contributed by atoms with van der Waals surface area (Å²) in [7, 11) is 1.68. The zero-order chi connectivity index (χ0) is 15.1. The molecule has 20 heavy (non-hydrogen) atoms. The molecule has 1 atom stereocenters. The van der Waals surface area contributed by atoms with Gasteiger partial charge in [-0.05, 0) is 31.5 Å². The summed E-state index contributed by atoms with van der Waals surface area (Å²) in [5.74, 6) is 0.0467. The summed E-state index contributed by atoms with van der Waals surface area (Å²) in [6.07, 6.45) is 1.00. The van der Waals surface area contributed by atoms with Crippen LogP contribution in [0, 0.1) is 0 Å². The first-order valence-corrected chi connectivity index (χ1v) is 6.95. The van der Waals surface area contributed by atoms with Gasteiger partial charge in [0.05, 0.1) is 17.3 Å². The normalized spacial score (nSPS) is 13.3. The minimum absolute atomic E-state index is 0.0467. The van der Waals surface area contributed by atoms with Gasteiger partial charge in [0.25, 0.3) is 0 Å². The fourth-order valence-corrected chi connectivity index (χ4v) is 2.23. The van der Waals surface area contributed by atoms with Crippen molar-refractivity contribution in [1.82, 2.24) is 0 Å². The number of benzene rings is 1. The Morgan fingerprint density at radius 1 is 1.55 bits per heavy atom. The van der Waals surface area contributed by atoms with Gasteiger partial charge in [0.2, 0.25) is 0 Å². The van der Waals surface area contributed by atoms with Crippen molar-refractivity contribution in [1.29, 1.82) is 0 Å². The van der Waals surface area contributed by atoms with Gasteiger partial charge in [0.15, 0.2) is 5.84 Å². The average molecular weight is 300 g/mol. The number of ether oxygens (including phenoxy) is 1. The Morgan fingerprint density at radius 3 is 2.75 bits per heavy atom.